The van der Waals surface area contributed by atoms with Crippen LogP contribution in [0.2, 0.25) is 0 Å². The summed E-state index contributed by atoms with van der Waals surface area (Å²) in [5.41, 5.74) is 1.44. The van der Waals surface area contributed by atoms with Gasteiger partial charge in [-0.05, 0) is 17.7 Å². The van der Waals surface area contributed by atoms with Crippen LogP contribution in [0.5, 0.6) is 11.5 Å². The van der Waals surface area contributed by atoms with Gasteiger partial charge in [0.2, 0.25) is 0 Å². The van der Waals surface area contributed by atoms with Gasteiger partial charge >= 0.3 is 0 Å². The fourth-order valence-corrected chi connectivity index (χ4v) is 1.76. The van der Waals surface area contributed by atoms with E-state index in [1.807, 2.05) is 7.05 Å². The Balaban J connectivity index is 2.37. The highest BCUT2D eigenvalue weighted by Gasteiger charge is 2.14. The second-order valence-corrected chi connectivity index (χ2v) is 4.00. The van der Waals surface area contributed by atoms with Crippen molar-refractivity contribution in [3.63, 3.8) is 0 Å². The highest BCUT2D eigenvalue weighted by Crippen LogP contribution is 2.29. The first-order chi connectivity index (χ1) is 8.63. The van der Waals surface area contributed by atoms with Gasteiger partial charge in [0.25, 0.3) is 0 Å². The zero-order valence-electron chi connectivity index (χ0n) is 10.6. The summed E-state index contributed by atoms with van der Waals surface area (Å²) in [4.78, 5) is 0. The van der Waals surface area contributed by atoms with Crippen LogP contribution in [-0.4, -0.2) is 29.1 Å². The predicted octanol–water partition coefficient (Wildman–Crippen LogP) is 1.52. The standard InChI is InChI=1S/C13H16N2O3/c1-15-8-10(7-14-15)13(16)9-4-11(17-2)6-12(5-9)18-3/h4-8,13,16H,1-3H3. The lowest BCUT2D eigenvalue weighted by atomic mass is 10.0. The molecule has 0 bridgehead atoms. The van der Waals surface area contributed by atoms with Gasteiger partial charge in [0, 0.05) is 24.9 Å². The summed E-state index contributed by atoms with van der Waals surface area (Å²) in [5, 5.41) is 14.3. The van der Waals surface area contributed by atoms with Crippen LogP contribution in [0.25, 0.3) is 0 Å². The van der Waals surface area contributed by atoms with Gasteiger partial charge in [-0.25, -0.2) is 0 Å². The first-order valence-electron chi connectivity index (χ1n) is 5.53. The lowest BCUT2D eigenvalue weighted by Crippen LogP contribution is -2.00. The van der Waals surface area contributed by atoms with Gasteiger partial charge in [0.05, 0.1) is 20.4 Å². The molecule has 0 amide bonds. The quantitative estimate of drug-likeness (QED) is 0.891. The molecule has 1 unspecified atom stereocenters. The van der Waals surface area contributed by atoms with Crippen molar-refractivity contribution in [1.82, 2.24) is 9.78 Å². The molecular formula is C13H16N2O3. The van der Waals surface area contributed by atoms with Crippen LogP contribution in [0.1, 0.15) is 17.2 Å². The molecule has 5 heteroatoms. The molecule has 18 heavy (non-hydrogen) atoms. The highest BCUT2D eigenvalue weighted by molar-refractivity contribution is 5.41. The predicted molar refractivity (Wildman–Crippen MR) is 66.8 cm³/mol. The first-order valence-corrected chi connectivity index (χ1v) is 5.53. The Morgan fingerprint density at radius 2 is 1.72 bits per heavy atom. The van der Waals surface area contributed by atoms with Crippen molar-refractivity contribution in [3.05, 3.63) is 41.7 Å². The van der Waals surface area contributed by atoms with Crippen LogP contribution in [0.3, 0.4) is 0 Å². The van der Waals surface area contributed by atoms with E-state index in [-0.39, 0.29) is 0 Å². The minimum atomic E-state index is -0.748. The largest absolute Gasteiger partial charge is 0.497 e. The molecule has 1 N–H and O–H groups in total. The van der Waals surface area contributed by atoms with Crippen molar-refractivity contribution in [2.75, 3.05) is 14.2 Å². The Bertz CT molecular complexity index is 515. The van der Waals surface area contributed by atoms with Crippen molar-refractivity contribution in [1.29, 1.82) is 0 Å². The third-order valence-electron chi connectivity index (χ3n) is 2.73. The monoisotopic (exact) mass is 248 g/mol. The lowest BCUT2D eigenvalue weighted by Gasteiger charge is -2.12. The molecule has 0 aliphatic heterocycles. The first kappa shape index (κ1) is 12.4. The van der Waals surface area contributed by atoms with Gasteiger partial charge in [0.15, 0.2) is 0 Å². The maximum atomic E-state index is 10.3. The molecule has 2 aromatic rings. The Hall–Kier alpha value is -2.01. The van der Waals surface area contributed by atoms with E-state index in [1.165, 1.54) is 0 Å². The number of aromatic nitrogens is 2. The number of aliphatic hydroxyl groups is 1. The second kappa shape index (κ2) is 5.10. The molecule has 2 rings (SSSR count). The third kappa shape index (κ3) is 2.46. The third-order valence-corrected chi connectivity index (χ3v) is 2.73. The van der Waals surface area contributed by atoms with Crippen molar-refractivity contribution in [2.45, 2.75) is 6.10 Å². The fourth-order valence-electron chi connectivity index (χ4n) is 1.76. The number of rotatable bonds is 4. The number of ether oxygens (including phenoxy) is 2. The average molecular weight is 248 g/mol. The Labute approximate surface area is 106 Å². The summed E-state index contributed by atoms with van der Waals surface area (Å²) in [7, 11) is 4.96. The maximum absolute atomic E-state index is 10.3. The molecule has 0 aliphatic carbocycles. The van der Waals surface area contributed by atoms with Gasteiger partial charge in [-0.2, -0.15) is 5.10 Å². The number of hydrogen-bond donors (Lipinski definition) is 1. The van der Waals surface area contributed by atoms with E-state index in [2.05, 4.69) is 5.10 Å². The van der Waals surface area contributed by atoms with E-state index in [0.717, 1.165) is 5.56 Å². The number of methoxy groups -OCH3 is 2. The van der Waals surface area contributed by atoms with Crippen molar-refractivity contribution in [2.24, 2.45) is 7.05 Å². The molecule has 1 aromatic carbocycles. The summed E-state index contributed by atoms with van der Waals surface area (Å²) >= 11 is 0. The molecule has 1 atom stereocenters. The summed E-state index contributed by atoms with van der Waals surface area (Å²) in [6.07, 6.45) is 2.66. The molecule has 0 radical (unpaired) electrons. The van der Waals surface area contributed by atoms with Crippen molar-refractivity contribution >= 4 is 0 Å². The van der Waals surface area contributed by atoms with E-state index in [4.69, 9.17) is 9.47 Å². The molecule has 0 fully saturated rings. The molecule has 0 spiro atoms. The van der Waals surface area contributed by atoms with Crippen LogP contribution < -0.4 is 9.47 Å². The lowest BCUT2D eigenvalue weighted by molar-refractivity contribution is 0.219. The zero-order valence-corrected chi connectivity index (χ0v) is 10.6. The van der Waals surface area contributed by atoms with E-state index in [0.29, 0.717) is 17.1 Å². The molecule has 96 valence electrons. The maximum Gasteiger partial charge on any atom is 0.122 e. The molecule has 0 saturated carbocycles. The molecule has 1 aromatic heterocycles. The Morgan fingerprint density at radius 3 is 2.17 bits per heavy atom. The molecule has 5 nitrogen and oxygen atoms in total. The van der Waals surface area contributed by atoms with E-state index in [1.54, 1.807) is 49.5 Å². The molecular weight excluding hydrogens is 232 g/mol. The number of benzene rings is 1. The van der Waals surface area contributed by atoms with Gasteiger partial charge in [-0.3, -0.25) is 4.68 Å². The van der Waals surface area contributed by atoms with E-state index < -0.39 is 6.10 Å². The second-order valence-electron chi connectivity index (χ2n) is 4.00. The van der Waals surface area contributed by atoms with Crippen molar-refractivity contribution in [3.8, 4) is 11.5 Å². The molecule has 0 aliphatic rings. The number of aliphatic hydroxyl groups excluding tert-OH is 1. The van der Waals surface area contributed by atoms with Crippen molar-refractivity contribution < 1.29 is 14.6 Å². The normalized spacial score (nSPS) is 12.2. The van der Waals surface area contributed by atoms with Crippen LogP contribution in [0.15, 0.2) is 30.6 Å². The van der Waals surface area contributed by atoms with E-state index >= 15 is 0 Å². The van der Waals surface area contributed by atoms with Crippen LogP contribution in [0.4, 0.5) is 0 Å². The minimum Gasteiger partial charge on any atom is -0.497 e. The van der Waals surface area contributed by atoms with Gasteiger partial charge in [-0.1, -0.05) is 0 Å². The molecule has 0 saturated heterocycles. The van der Waals surface area contributed by atoms with Gasteiger partial charge in [0.1, 0.15) is 17.6 Å². The summed E-state index contributed by atoms with van der Waals surface area (Å²) < 4.78 is 12.0. The van der Waals surface area contributed by atoms with Gasteiger partial charge in [-0.15, -0.1) is 0 Å². The minimum absolute atomic E-state index is 0.646. The van der Waals surface area contributed by atoms with Crippen LogP contribution >= 0.6 is 0 Å². The fraction of sp³-hybridized carbons (Fsp3) is 0.308. The van der Waals surface area contributed by atoms with Gasteiger partial charge < -0.3 is 14.6 Å². The summed E-state index contributed by atoms with van der Waals surface area (Å²) in [5.74, 6) is 1.29. The number of nitrogens with zero attached hydrogens (tertiary/aromatic N) is 2. The molecule has 1 heterocycles. The highest BCUT2D eigenvalue weighted by atomic mass is 16.5. The zero-order chi connectivity index (χ0) is 13.1. The van der Waals surface area contributed by atoms with Crippen LogP contribution in [-0.2, 0) is 7.05 Å². The van der Waals surface area contributed by atoms with Crippen LogP contribution in [0, 0.1) is 0 Å². The Morgan fingerprint density at radius 1 is 1.11 bits per heavy atom. The van der Waals surface area contributed by atoms with E-state index in [9.17, 15) is 5.11 Å². The number of hydrogen-bond acceptors (Lipinski definition) is 4. The SMILES string of the molecule is COc1cc(OC)cc(C(O)c2cnn(C)c2)c1. The Kier molecular flexibility index (Phi) is 3.53. The topological polar surface area (TPSA) is 56.5 Å². The summed E-state index contributed by atoms with van der Waals surface area (Å²) in [6, 6.07) is 5.32. The smallest absolute Gasteiger partial charge is 0.122 e. The summed E-state index contributed by atoms with van der Waals surface area (Å²) in [6.45, 7) is 0. The average Bonchev–Trinajstić information content (AvgIpc) is 2.83. The number of aryl methyl sites for hydroxylation is 1.